The van der Waals surface area contributed by atoms with Crippen LogP contribution in [0.2, 0.25) is 5.02 Å². The van der Waals surface area contributed by atoms with Gasteiger partial charge in [0.15, 0.2) is 0 Å². The summed E-state index contributed by atoms with van der Waals surface area (Å²) in [6, 6.07) is 5.72. The number of carboxylic acid groups (broad SMARTS) is 1. The fourth-order valence-corrected chi connectivity index (χ4v) is 1.66. The minimum atomic E-state index is -1.10. The van der Waals surface area contributed by atoms with Gasteiger partial charge < -0.3 is 16.2 Å². The Labute approximate surface area is 110 Å². The fraction of sp³-hybridized carbons (Fsp3) is 0.333. The molecule has 0 heterocycles. The lowest BCUT2D eigenvalue weighted by Crippen LogP contribution is -2.42. The maximum absolute atomic E-state index is 11.6. The standard InChI is InChI=1S/C12H15ClN2O3/c1-7(8-3-2-4-9(13)5-8)15-12(18)10(14)6-11(16)17/h2-5,7,10H,6,14H2,1H3,(H,15,18)(H,16,17)/t7-,10?/m0/s1. The highest BCUT2D eigenvalue weighted by atomic mass is 35.5. The van der Waals surface area contributed by atoms with Crippen molar-refractivity contribution in [3.8, 4) is 0 Å². The average Bonchev–Trinajstić information content (AvgIpc) is 2.27. The second kappa shape index (κ2) is 6.37. The molecule has 4 N–H and O–H groups in total. The quantitative estimate of drug-likeness (QED) is 0.752. The largest absolute Gasteiger partial charge is 0.481 e. The van der Waals surface area contributed by atoms with Gasteiger partial charge in [0.2, 0.25) is 5.91 Å². The number of benzene rings is 1. The number of nitrogens with two attached hydrogens (primary N) is 1. The minimum absolute atomic E-state index is 0.281. The van der Waals surface area contributed by atoms with E-state index in [0.717, 1.165) is 5.56 Å². The van der Waals surface area contributed by atoms with Crippen LogP contribution in [-0.2, 0) is 9.59 Å². The Kier molecular flexibility index (Phi) is 5.12. The van der Waals surface area contributed by atoms with Gasteiger partial charge in [-0.1, -0.05) is 23.7 Å². The lowest BCUT2D eigenvalue weighted by molar-refractivity contribution is -0.139. The first-order valence-electron chi connectivity index (χ1n) is 5.43. The monoisotopic (exact) mass is 270 g/mol. The summed E-state index contributed by atoms with van der Waals surface area (Å²) in [5.74, 6) is -1.60. The van der Waals surface area contributed by atoms with Crippen LogP contribution in [0.4, 0.5) is 0 Å². The van der Waals surface area contributed by atoms with Crippen LogP contribution in [0.1, 0.15) is 24.9 Å². The molecule has 1 amide bonds. The smallest absolute Gasteiger partial charge is 0.305 e. The van der Waals surface area contributed by atoms with Crippen molar-refractivity contribution >= 4 is 23.5 Å². The van der Waals surface area contributed by atoms with E-state index in [2.05, 4.69) is 5.32 Å². The SMILES string of the molecule is C[C@H](NC(=O)C(N)CC(=O)O)c1cccc(Cl)c1. The van der Waals surface area contributed by atoms with Crippen molar-refractivity contribution in [2.24, 2.45) is 5.73 Å². The van der Waals surface area contributed by atoms with Crippen LogP contribution in [0, 0.1) is 0 Å². The molecule has 6 heteroatoms. The summed E-state index contributed by atoms with van der Waals surface area (Å²) in [5.41, 5.74) is 6.29. The highest BCUT2D eigenvalue weighted by Crippen LogP contribution is 2.17. The van der Waals surface area contributed by atoms with Gasteiger partial charge in [0.25, 0.3) is 0 Å². The zero-order valence-corrected chi connectivity index (χ0v) is 10.6. The van der Waals surface area contributed by atoms with Gasteiger partial charge in [-0.25, -0.2) is 0 Å². The Bertz CT molecular complexity index is 451. The molecule has 1 rings (SSSR count). The first-order chi connectivity index (χ1) is 8.40. The molecule has 5 nitrogen and oxygen atoms in total. The number of aliphatic carboxylic acids is 1. The molecule has 0 saturated carbocycles. The Morgan fingerprint density at radius 2 is 2.17 bits per heavy atom. The van der Waals surface area contributed by atoms with Gasteiger partial charge in [-0.15, -0.1) is 0 Å². The second-order valence-electron chi connectivity index (χ2n) is 3.99. The first kappa shape index (κ1) is 14.5. The van der Waals surface area contributed by atoms with Gasteiger partial charge >= 0.3 is 5.97 Å². The predicted molar refractivity (Wildman–Crippen MR) is 68.2 cm³/mol. The van der Waals surface area contributed by atoms with E-state index in [-0.39, 0.29) is 6.04 Å². The molecule has 0 aliphatic heterocycles. The molecule has 1 unspecified atom stereocenters. The summed E-state index contributed by atoms with van der Waals surface area (Å²) in [4.78, 5) is 22.1. The second-order valence-corrected chi connectivity index (χ2v) is 4.43. The number of hydrogen-bond donors (Lipinski definition) is 3. The lowest BCUT2D eigenvalue weighted by Gasteiger charge is -2.17. The molecule has 0 saturated heterocycles. The van der Waals surface area contributed by atoms with Crippen LogP contribution >= 0.6 is 11.6 Å². The van der Waals surface area contributed by atoms with Crippen molar-refractivity contribution < 1.29 is 14.7 Å². The molecule has 1 aromatic rings. The van der Waals surface area contributed by atoms with Gasteiger partial charge in [0.1, 0.15) is 0 Å². The van der Waals surface area contributed by atoms with E-state index in [1.807, 2.05) is 6.07 Å². The van der Waals surface area contributed by atoms with E-state index in [0.29, 0.717) is 5.02 Å². The van der Waals surface area contributed by atoms with Crippen molar-refractivity contribution in [1.29, 1.82) is 0 Å². The third kappa shape index (κ3) is 4.35. The van der Waals surface area contributed by atoms with Crippen molar-refractivity contribution in [1.82, 2.24) is 5.32 Å². The maximum Gasteiger partial charge on any atom is 0.305 e. The van der Waals surface area contributed by atoms with E-state index >= 15 is 0 Å². The van der Waals surface area contributed by atoms with Crippen LogP contribution in [0.3, 0.4) is 0 Å². The number of amides is 1. The number of carbonyl (C=O) groups is 2. The fourth-order valence-electron chi connectivity index (χ4n) is 1.46. The Morgan fingerprint density at radius 3 is 2.72 bits per heavy atom. The summed E-state index contributed by atoms with van der Waals surface area (Å²) in [7, 11) is 0. The molecule has 0 bridgehead atoms. The van der Waals surface area contributed by atoms with Crippen molar-refractivity contribution in [3.05, 3.63) is 34.9 Å². The van der Waals surface area contributed by atoms with E-state index in [1.54, 1.807) is 25.1 Å². The van der Waals surface area contributed by atoms with E-state index < -0.39 is 24.3 Å². The van der Waals surface area contributed by atoms with Crippen LogP contribution in [-0.4, -0.2) is 23.0 Å². The molecular formula is C12H15ClN2O3. The van der Waals surface area contributed by atoms with Crippen LogP contribution in [0.25, 0.3) is 0 Å². The zero-order chi connectivity index (χ0) is 13.7. The molecule has 0 spiro atoms. The molecule has 1 aromatic carbocycles. The topological polar surface area (TPSA) is 92.4 Å². The Morgan fingerprint density at radius 1 is 1.50 bits per heavy atom. The molecular weight excluding hydrogens is 256 g/mol. The number of halogens is 1. The summed E-state index contributed by atoms with van der Waals surface area (Å²) >= 11 is 5.84. The highest BCUT2D eigenvalue weighted by Gasteiger charge is 2.19. The third-order valence-corrected chi connectivity index (χ3v) is 2.67. The first-order valence-corrected chi connectivity index (χ1v) is 5.81. The Balaban J connectivity index is 2.62. The van der Waals surface area contributed by atoms with Gasteiger partial charge in [0, 0.05) is 5.02 Å². The van der Waals surface area contributed by atoms with Gasteiger partial charge in [-0.3, -0.25) is 9.59 Å². The van der Waals surface area contributed by atoms with Gasteiger partial charge in [-0.05, 0) is 24.6 Å². The average molecular weight is 271 g/mol. The molecule has 0 aliphatic carbocycles. The lowest BCUT2D eigenvalue weighted by atomic mass is 10.1. The number of rotatable bonds is 5. The molecule has 2 atom stereocenters. The molecule has 0 radical (unpaired) electrons. The van der Waals surface area contributed by atoms with E-state index in [1.165, 1.54) is 0 Å². The van der Waals surface area contributed by atoms with Gasteiger partial charge in [0.05, 0.1) is 18.5 Å². The summed E-state index contributed by atoms with van der Waals surface area (Å²) in [5, 5.41) is 11.8. The van der Waals surface area contributed by atoms with E-state index in [4.69, 9.17) is 22.4 Å². The van der Waals surface area contributed by atoms with Crippen molar-refractivity contribution in [3.63, 3.8) is 0 Å². The maximum atomic E-state index is 11.6. The summed E-state index contributed by atoms with van der Waals surface area (Å²) < 4.78 is 0. The number of carbonyl (C=O) groups excluding carboxylic acids is 1. The number of nitrogens with one attached hydrogen (secondary N) is 1. The van der Waals surface area contributed by atoms with Crippen molar-refractivity contribution in [2.45, 2.75) is 25.4 Å². The van der Waals surface area contributed by atoms with Crippen LogP contribution in [0.15, 0.2) is 24.3 Å². The number of carboxylic acids is 1. The summed E-state index contributed by atoms with van der Waals surface area (Å²) in [6.45, 7) is 1.77. The van der Waals surface area contributed by atoms with Crippen molar-refractivity contribution in [2.75, 3.05) is 0 Å². The number of hydrogen-bond acceptors (Lipinski definition) is 3. The predicted octanol–water partition coefficient (Wildman–Crippen LogP) is 1.32. The normalized spacial score (nSPS) is 13.7. The molecule has 98 valence electrons. The van der Waals surface area contributed by atoms with Crippen LogP contribution in [0.5, 0.6) is 0 Å². The summed E-state index contributed by atoms with van der Waals surface area (Å²) in [6.07, 6.45) is -0.395. The minimum Gasteiger partial charge on any atom is -0.481 e. The molecule has 18 heavy (non-hydrogen) atoms. The highest BCUT2D eigenvalue weighted by molar-refractivity contribution is 6.30. The third-order valence-electron chi connectivity index (χ3n) is 2.44. The molecule has 0 aliphatic rings. The zero-order valence-electron chi connectivity index (χ0n) is 9.89. The molecule has 0 aromatic heterocycles. The van der Waals surface area contributed by atoms with Gasteiger partial charge in [-0.2, -0.15) is 0 Å². The molecule has 0 fully saturated rings. The Hall–Kier alpha value is -1.59. The van der Waals surface area contributed by atoms with E-state index in [9.17, 15) is 9.59 Å². The van der Waals surface area contributed by atoms with Crippen LogP contribution < -0.4 is 11.1 Å².